The lowest BCUT2D eigenvalue weighted by Crippen LogP contribution is -2.18. The summed E-state index contributed by atoms with van der Waals surface area (Å²) in [7, 11) is 0. The number of hydrogen-bond acceptors (Lipinski definition) is 4. The van der Waals surface area contributed by atoms with Crippen LogP contribution in [0.25, 0.3) is 17.1 Å². The molecule has 33 heavy (non-hydrogen) atoms. The van der Waals surface area contributed by atoms with Gasteiger partial charge in [-0.2, -0.15) is 4.98 Å². The Kier molecular flexibility index (Phi) is 6.47. The van der Waals surface area contributed by atoms with E-state index in [2.05, 4.69) is 20.4 Å². The van der Waals surface area contributed by atoms with Crippen molar-refractivity contribution in [1.29, 1.82) is 0 Å². The lowest BCUT2D eigenvalue weighted by atomic mass is 10.1. The van der Waals surface area contributed by atoms with Gasteiger partial charge >= 0.3 is 0 Å². The Bertz CT molecular complexity index is 1370. The number of H-pyrrole nitrogens is 1. The molecule has 170 valence electrons. The number of hydrogen-bond donors (Lipinski definition) is 2. The van der Waals surface area contributed by atoms with E-state index >= 15 is 0 Å². The molecular weight excluding hydrogens is 485 g/mol. The van der Waals surface area contributed by atoms with E-state index in [1.807, 2.05) is 32.0 Å². The van der Waals surface area contributed by atoms with E-state index in [0.29, 0.717) is 55.8 Å². The van der Waals surface area contributed by atoms with E-state index in [4.69, 9.17) is 34.8 Å². The molecule has 0 spiro atoms. The monoisotopic (exact) mass is 503 g/mol. The van der Waals surface area contributed by atoms with Gasteiger partial charge in [-0.15, -0.1) is 0 Å². The van der Waals surface area contributed by atoms with Gasteiger partial charge in [0, 0.05) is 24.1 Å². The largest absolute Gasteiger partial charge is 0.326 e. The van der Waals surface area contributed by atoms with Crippen LogP contribution in [0.15, 0.2) is 41.2 Å². The molecule has 0 radical (unpaired) electrons. The SMILES string of the molecule is CC(=O)Nc1cccc(Cc2nc3n(-c4c(Cl)cc(Cl)cc4Cl)[nH]c(C(C)C)c-3c(=O)n2)c1. The van der Waals surface area contributed by atoms with Gasteiger partial charge in [-0.05, 0) is 35.7 Å². The third-order valence-corrected chi connectivity index (χ3v) is 5.80. The van der Waals surface area contributed by atoms with Gasteiger partial charge in [0.25, 0.3) is 5.56 Å². The number of fused-ring (bicyclic) bond motifs is 1. The van der Waals surface area contributed by atoms with Crippen molar-refractivity contribution in [3.8, 4) is 17.1 Å². The number of aromatic nitrogens is 4. The Labute approximate surface area is 205 Å². The Morgan fingerprint density at radius 1 is 1.12 bits per heavy atom. The first-order valence-corrected chi connectivity index (χ1v) is 11.3. The molecule has 0 fully saturated rings. The molecule has 4 rings (SSSR count). The third-order valence-electron chi connectivity index (χ3n) is 5.01. The number of anilines is 1. The highest BCUT2D eigenvalue weighted by atomic mass is 35.5. The molecule has 0 aromatic heterocycles. The van der Waals surface area contributed by atoms with Gasteiger partial charge < -0.3 is 5.32 Å². The first kappa shape index (κ1) is 23.3. The zero-order valence-corrected chi connectivity index (χ0v) is 20.3. The molecule has 2 aromatic carbocycles. The van der Waals surface area contributed by atoms with Gasteiger partial charge in [0.2, 0.25) is 5.91 Å². The maximum atomic E-state index is 13.1. The maximum absolute atomic E-state index is 13.1. The van der Waals surface area contributed by atoms with Crippen LogP contribution in [0.2, 0.25) is 15.1 Å². The minimum absolute atomic E-state index is 0.00455. The number of aromatic amines is 1. The van der Waals surface area contributed by atoms with Crippen LogP contribution in [-0.4, -0.2) is 25.7 Å². The highest BCUT2D eigenvalue weighted by Gasteiger charge is 2.27. The van der Waals surface area contributed by atoms with Crippen molar-refractivity contribution in [1.82, 2.24) is 19.7 Å². The summed E-state index contributed by atoms with van der Waals surface area (Å²) < 4.78 is 1.60. The molecule has 10 heteroatoms. The number of carbonyl (C=O) groups excluding carboxylic acids is 1. The number of benzene rings is 2. The fourth-order valence-electron chi connectivity index (χ4n) is 3.65. The van der Waals surface area contributed by atoms with Crippen molar-refractivity contribution in [2.24, 2.45) is 0 Å². The van der Waals surface area contributed by atoms with Crippen molar-refractivity contribution in [2.75, 3.05) is 5.32 Å². The van der Waals surface area contributed by atoms with Crippen LogP contribution in [0.4, 0.5) is 5.69 Å². The van der Waals surface area contributed by atoms with E-state index < -0.39 is 5.56 Å². The van der Waals surface area contributed by atoms with E-state index in [-0.39, 0.29) is 11.8 Å². The fraction of sp³-hybridized carbons (Fsp3) is 0.217. The second-order valence-corrected chi connectivity index (χ2v) is 9.19. The van der Waals surface area contributed by atoms with E-state index in [0.717, 1.165) is 5.56 Å². The maximum Gasteiger partial charge on any atom is 0.284 e. The number of amides is 1. The number of nitrogens with zero attached hydrogens (tertiary/aromatic N) is 3. The molecule has 0 aliphatic carbocycles. The summed E-state index contributed by atoms with van der Waals surface area (Å²) >= 11 is 19.0. The number of nitrogens with one attached hydrogen (secondary N) is 2. The second-order valence-electron chi connectivity index (χ2n) is 7.94. The highest BCUT2D eigenvalue weighted by molar-refractivity contribution is 6.40. The first-order chi connectivity index (χ1) is 15.6. The smallest absolute Gasteiger partial charge is 0.284 e. The minimum atomic E-state index is -0.395. The zero-order chi connectivity index (χ0) is 23.9. The van der Waals surface area contributed by atoms with Crippen LogP contribution in [0.5, 0.6) is 0 Å². The highest BCUT2D eigenvalue weighted by Crippen LogP contribution is 2.36. The quantitative estimate of drug-likeness (QED) is 0.365. The Morgan fingerprint density at radius 3 is 2.45 bits per heavy atom. The zero-order valence-electron chi connectivity index (χ0n) is 18.0. The summed E-state index contributed by atoms with van der Waals surface area (Å²) in [6, 6.07) is 10.4. The van der Waals surface area contributed by atoms with Gasteiger partial charge in [-0.25, -0.2) is 9.67 Å². The summed E-state index contributed by atoms with van der Waals surface area (Å²) in [6.07, 6.45) is 0.295. The molecule has 1 amide bonds. The van der Waals surface area contributed by atoms with Crippen LogP contribution in [-0.2, 0) is 11.2 Å². The summed E-state index contributed by atoms with van der Waals surface area (Å²) in [5.41, 5.74) is 2.60. The molecule has 0 bridgehead atoms. The molecule has 0 atom stereocenters. The van der Waals surface area contributed by atoms with Crippen LogP contribution in [0, 0.1) is 0 Å². The van der Waals surface area contributed by atoms with Gasteiger partial charge in [-0.1, -0.05) is 60.8 Å². The van der Waals surface area contributed by atoms with Crippen molar-refractivity contribution < 1.29 is 4.79 Å². The molecule has 7 nitrogen and oxygen atoms in total. The molecule has 0 saturated heterocycles. The predicted molar refractivity (Wildman–Crippen MR) is 131 cm³/mol. The van der Waals surface area contributed by atoms with Crippen LogP contribution in [0.3, 0.4) is 0 Å². The topological polar surface area (TPSA) is 92.7 Å². The molecule has 2 aliphatic rings. The summed E-state index contributed by atoms with van der Waals surface area (Å²) in [5.74, 6) is 0.530. The Hall–Kier alpha value is -2.87. The molecule has 0 saturated carbocycles. The van der Waals surface area contributed by atoms with Crippen LogP contribution < -0.4 is 10.9 Å². The van der Waals surface area contributed by atoms with E-state index in [1.54, 1.807) is 22.9 Å². The summed E-state index contributed by atoms with van der Waals surface area (Å²) in [6.45, 7) is 5.36. The van der Waals surface area contributed by atoms with Crippen LogP contribution >= 0.6 is 34.8 Å². The summed E-state index contributed by atoms with van der Waals surface area (Å²) in [5, 5.41) is 6.99. The van der Waals surface area contributed by atoms with Crippen molar-refractivity contribution in [3.05, 3.63) is 78.9 Å². The van der Waals surface area contributed by atoms with Gasteiger partial charge in [0.15, 0.2) is 5.82 Å². The molecule has 2 aliphatic heterocycles. The predicted octanol–water partition coefficient (Wildman–Crippen LogP) is 5.69. The Morgan fingerprint density at radius 2 is 1.82 bits per heavy atom. The van der Waals surface area contributed by atoms with Gasteiger partial charge in [-0.3, -0.25) is 14.7 Å². The molecule has 0 unspecified atom stereocenters. The van der Waals surface area contributed by atoms with Crippen molar-refractivity contribution in [2.45, 2.75) is 33.1 Å². The lowest BCUT2D eigenvalue weighted by molar-refractivity contribution is -0.114. The summed E-state index contributed by atoms with van der Waals surface area (Å²) in [4.78, 5) is 33.3. The molecule has 2 N–H and O–H groups in total. The minimum Gasteiger partial charge on any atom is -0.326 e. The van der Waals surface area contributed by atoms with Crippen molar-refractivity contribution in [3.63, 3.8) is 0 Å². The molecule has 2 aromatic rings. The number of halogens is 3. The van der Waals surface area contributed by atoms with Gasteiger partial charge in [0.1, 0.15) is 17.1 Å². The van der Waals surface area contributed by atoms with E-state index in [9.17, 15) is 9.59 Å². The second kappa shape index (κ2) is 9.17. The fourth-order valence-corrected chi connectivity index (χ4v) is 4.64. The lowest BCUT2D eigenvalue weighted by Gasteiger charge is -2.12. The van der Waals surface area contributed by atoms with E-state index in [1.165, 1.54) is 6.92 Å². The standard InChI is InChI=1S/C23H20Cl3N5O2/c1-11(2)20-19-22(31(30-20)21-16(25)9-14(24)10-17(21)26)28-18(29-23(19)33)8-13-5-4-6-15(7-13)27-12(3)32/h4-7,9-11,30H,8H2,1-3H3,(H,27,32). The Balaban J connectivity index is 1.87. The third kappa shape index (κ3) is 4.76. The first-order valence-electron chi connectivity index (χ1n) is 10.2. The molecular formula is C23H20Cl3N5O2. The number of carbonyl (C=O) groups is 1. The number of rotatable bonds is 5. The molecule has 2 heterocycles. The average Bonchev–Trinajstić information content (AvgIpc) is 3.07. The van der Waals surface area contributed by atoms with Crippen molar-refractivity contribution >= 4 is 46.4 Å². The van der Waals surface area contributed by atoms with Gasteiger partial charge in [0.05, 0.1) is 15.7 Å². The average molecular weight is 505 g/mol. The van der Waals surface area contributed by atoms with Crippen LogP contribution in [0.1, 0.15) is 43.8 Å². The normalized spacial score (nSPS) is 11.4.